The van der Waals surface area contributed by atoms with E-state index in [1.54, 1.807) is 44.2 Å². The molecule has 8 nitrogen and oxygen atoms in total. The molecule has 2 aromatic carbocycles. The number of ether oxygens (including phenoxy) is 6. The lowest BCUT2D eigenvalue weighted by Crippen LogP contribution is -2.14. The lowest BCUT2D eigenvalue weighted by molar-refractivity contribution is -0.145. The standard InChI is InChI=1S/C23H24O8/c1-6-29-19(24)12-30-15-9-13(2)20-17(11-15)31-18(21(20)25)10-14-7-8-16(26-3)23(28-5)22(14)27-4/h7-11H,6,12H2,1-5H3/b18-10-. The van der Waals surface area contributed by atoms with E-state index in [1.165, 1.54) is 21.3 Å². The predicted molar refractivity (Wildman–Crippen MR) is 112 cm³/mol. The fourth-order valence-electron chi connectivity index (χ4n) is 3.28. The predicted octanol–water partition coefficient (Wildman–Crippen LogP) is 3.58. The Morgan fingerprint density at radius 1 is 1.06 bits per heavy atom. The second kappa shape index (κ2) is 9.42. The number of benzene rings is 2. The van der Waals surface area contributed by atoms with Gasteiger partial charge in [-0.15, -0.1) is 0 Å². The summed E-state index contributed by atoms with van der Waals surface area (Å²) in [5.41, 5.74) is 1.70. The molecule has 1 aliphatic heterocycles. The molecular weight excluding hydrogens is 404 g/mol. The summed E-state index contributed by atoms with van der Waals surface area (Å²) in [5, 5.41) is 0. The summed E-state index contributed by atoms with van der Waals surface area (Å²) >= 11 is 0. The fourth-order valence-corrected chi connectivity index (χ4v) is 3.28. The van der Waals surface area contributed by atoms with Gasteiger partial charge >= 0.3 is 5.97 Å². The first-order valence-electron chi connectivity index (χ1n) is 9.59. The van der Waals surface area contributed by atoms with Crippen LogP contribution in [0.4, 0.5) is 0 Å². The van der Waals surface area contributed by atoms with Gasteiger partial charge in [0.15, 0.2) is 23.9 Å². The highest BCUT2D eigenvalue weighted by Crippen LogP contribution is 2.42. The minimum Gasteiger partial charge on any atom is -0.493 e. The zero-order chi connectivity index (χ0) is 22.5. The van der Waals surface area contributed by atoms with Crippen LogP contribution in [-0.2, 0) is 9.53 Å². The van der Waals surface area contributed by atoms with Crippen molar-refractivity contribution in [3.63, 3.8) is 0 Å². The molecule has 0 amide bonds. The first-order chi connectivity index (χ1) is 14.9. The molecule has 0 atom stereocenters. The van der Waals surface area contributed by atoms with E-state index in [9.17, 15) is 9.59 Å². The molecule has 31 heavy (non-hydrogen) atoms. The Kier molecular flexibility index (Phi) is 6.69. The number of ketones is 1. The molecule has 0 bridgehead atoms. The molecule has 0 unspecified atom stereocenters. The van der Waals surface area contributed by atoms with E-state index in [0.717, 1.165) is 0 Å². The van der Waals surface area contributed by atoms with E-state index in [2.05, 4.69) is 0 Å². The molecule has 1 aliphatic rings. The van der Waals surface area contributed by atoms with Gasteiger partial charge in [0, 0.05) is 11.6 Å². The fraction of sp³-hybridized carbons (Fsp3) is 0.304. The van der Waals surface area contributed by atoms with Crippen molar-refractivity contribution in [1.82, 2.24) is 0 Å². The Bertz CT molecular complexity index is 1040. The summed E-state index contributed by atoms with van der Waals surface area (Å²) in [6.07, 6.45) is 1.59. The van der Waals surface area contributed by atoms with Crippen molar-refractivity contribution in [2.75, 3.05) is 34.5 Å². The van der Waals surface area contributed by atoms with Crippen LogP contribution in [0.25, 0.3) is 6.08 Å². The number of carbonyl (C=O) groups excluding carboxylic acids is 2. The van der Waals surface area contributed by atoms with Crippen molar-refractivity contribution >= 4 is 17.8 Å². The van der Waals surface area contributed by atoms with Crippen LogP contribution in [0, 0.1) is 6.92 Å². The minimum absolute atomic E-state index is 0.131. The van der Waals surface area contributed by atoms with Gasteiger partial charge in [-0.2, -0.15) is 0 Å². The zero-order valence-corrected chi connectivity index (χ0v) is 18.1. The van der Waals surface area contributed by atoms with Crippen molar-refractivity contribution in [2.24, 2.45) is 0 Å². The Hall–Kier alpha value is -3.68. The summed E-state index contributed by atoms with van der Waals surface area (Å²) in [7, 11) is 4.54. The molecule has 0 fully saturated rings. The van der Waals surface area contributed by atoms with Gasteiger partial charge in [0.2, 0.25) is 11.5 Å². The molecule has 0 aliphatic carbocycles. The van der Waals surface area contributed by atoms with Crippen LogP contribution < -0.4 is 23.7 Å². The van der Waals surface area contributed by atoms with Crippen LogP contribution in [0.1, 0.15) is 28.4 Å². The summed E-state index contributed by atoms with van der Waals surface area (Å²) in [4.78, 5) is 24.5. The van der Waals surface area contributed by atoms with Gasteiger partial charge in [-0.1, -0.05) is 0 Å². The number of allylic oxidation sites excluding steroid dienone is 1. The smallest absolute Gasteiger partial charge is 0.344 e. The van der Waals surface area contributed by atoms with E-state index in [1.807, 2.05) is 0 Å². The molecule has 0 radical (unpaired) electrons. The van der Waals surface area contributed by atoms with Gasteiger partial charge in [0.25, 0.3) is 0 Å². The van der Waals surface area contributed by atoms with Gasteiger partial charge in [0.1, 0.15) is 11.5 Å². The molecule has 8 heteroatoms. The Balaban J connectivity index is 1.91. The molecule has 0 aromatic heterocycles. The molecule has 0 spiro atoms. The Labute approximate surface area is 180 Å². The Morgan fingerprint density at radius 3 is 2.45 bits per heavy atom. The van der Waals surface area contributed by atoms with E-state index >= 15 is 0 Å². The van der Waals surface area contributed by atoms with Crippen molar-refractivity contribution in [2.45, 2.75) is 13.8 Å². The second-order valence-electron chi connectivity index (χ2n) is 6.57. The molecule has 0 saturated carbocycles. The zero-order valence-electron chi connectivity index (χ0n) is 18.1. The average Bonchev–Trinajstić information content (AvgIpc) is 3.07. The summed E-state index contributed by atoms with van der Waals surface area (Å²) in [6, 6.07) is 6.71. The van der Waals surface area contributed by atoms with E-state index in [0.29, 0.717) is 45.4 Å². The first-order valence-corrected chi connectivity index (χ1v) is 9.59. The van der Waals surface area contributed by atoms with Crippen LogP contribution in [0.3, 0.4) is 0 Å². The Morgan fingerprint density at radius 2 is 1.81 bits per heavy atom. The van der Waals surface area contributed by atoms with Crippen LogP contribution in [0.15, 0.2) is 30.0 Å². The van der Waals surface area contributed by atoms with Gasteiger partial charge < -0.3 is 28.4 Å². The quantitative estimate of drug-likeness (QED) is 0.466. The third-order valence-electron chi connectivity index (χ3n) is 4.63. The maximum atomic E-state index is 13.0. The maximum absolute atomic E-state index is 13.0. The van der Waals surface area contributed by atoms with Gasteiger partial charge in [0.05, 0.1) is 33.5 Å². The number of fused-ring (bicyclic) bond motifs is 1. The van der Waals surface area contributed by atoms with Crippen molar-refractivity contribution < 1.29 is 38.0 Å². The highest BCUT2D eigenvalue weighted by atomic mass is 16.6. The van der Waals surface area contributed by atoms with Gasteiger partial charge in [-0.05, 0) is 43.7 Å². The average molecular weight is 428 g/mol. The van der Waals surface area contributed by atoms with Crippen molar-refractivity contribution in [1.29, 1.82) is 0 Å². The molecule has 3 rings (SSSR count). The number of hydrogen-bond donors (Lipinski definition) is 0. The monoisotopic (exact) mass is 428 g/mol. The normalized spacial score (nSPS) is 13.5. The molecule has 0 saturated heterocycles. The summed E-state index contributed by atoms with van der Waals surface area (Å²) in [6.45, 7) is 3.54. The highest BCUT2D eigenvalue weighted by molar-refractivity contribution is 6.15. The summed E-state index contributed by atoms with van der Waals surface area (Å²) < 4.78 is 32.3. The second-order valence-corrected chi connectivity index (χ2v) is 6.57. The van der Waals surface area contributed by atoms with Crippen LogP contribution in [0.2, 0.25) is 0 Å². The number of methoxy groups -OCH3 is 3. The number of rotatable bonds is 8. The van der Waals surface area contributed by atoms with Crippen molar-refractivity contribution in [3.05, 3.63) is 46.7 Å². The third kappa shape index (κ3) is 4.42. The van der Waals surface area contributed by atoms with Gasteiger partial charge in [-0.3, -0.25) is 4.79 Å². The number of hydrogen-bond acceptors (Lipinski definition) is 8. The lowest BCUT2D eigenvalue weighted by Gasteiger charge is -2.14. The van der Waals surface area contributed by atoms with Crippen molar-refractivity contribution in [3.8, 4) is 28.7 Å². The van der Waals surface area contributed by atoms with Crippen LogP contribution >= 0.6 is 0 Å². The lowest BCUT2D eigenvalue weighted by atomic mass is 10.0. The van der Waals surface area contributed by atoms with E-state index in [-0.39, 0.29) is 24.8 Å². The van der Waals surface area contributed by atoms with E-state index in [4.69, 9.17) is 28.4 Å². The van der Waals surface area contributed by atoms with Gasteiger partial charge in [-0.25, -0.2) is 4.79 Å². The molecule has 2 aromatic rings. The molecule has 1 heterocycles. The van der Waals surface area contributed by atoms with E-state index < -0.39 is 5.97 Å². The van der Waals surface area contributed by atoms with Crippen LogP contribution in [-0.4, -0.2) is 46.3 Å². The molecule has 164 valence electrons. The number of esters is 1. The number of carbonyl (C=O) groups is 2. The maximum Gasteiger partial charge on any atom is 0.344 e. The largest absolute Gasteiger partial charge is 0.493 e. The first kappa shape index (κ1) is 22.0. The summed E-state index contributed by atoms with van der Waals surface area (Å²) in [5.74, 6) is 1.48. The third-order valence-corrected chi connectivity index (χ3v) is 4.63. The SMILES string of the molecule is CCOC(=O)COc1cc(C)c2c(c1)O/C(=C\c1ccc(OC)c(OC)c1OC)C2=O. The number of aryl methyl sites for hydroxylation is 1. The number of Topliss-reactive ketones (excluding diaryl/α,β-unsaturated/α-hetero) is 1. The topological polar surface area (TPSA) is 89.5 Å². The highest BCUT2D eigenvalue weighted by Gasteiger charge is 2.31. The molecule has 0 N–H and O–H groups in total. The van der Waals surface area contributed by atoms with Crippen LogP contribution in [0.5, 0.6) is 28.7 Å². The molecular formula is C23H24O8. The minimum atomic E-state index is -0.473.